The Morgan fingerprint density at radius 2 is 2.39 bits per heavy atom. The van der Waals surface area contributed by atoms with E-state index in [-0.39, 0.29) is 11.7 Å². The van der Waals surface area contributed by atoms with Crippen molar-refractivity contribution in [3.8, 4) is 0 Å². The second-order valence-corrected chi connectivity index (χ2v) is 4.47. The Hall–Kier alpha value is -2.15. The summed E-state index contributed by atoms with van der Waals surface area (Å²) in [5.74, 6) is -0.0868. The van der Waals surface area contributed by atoms with E-state index in [0.717, 1.165) is 5.56 Å². The fourth-order valence-electron chi connectivity index (χ4n) is 1.31. The van der Waals surface area contributed by atoms with Crippen LogP contribution in [0.15, 0.2) is 27.3 Å². The molecule has 94 valence electrons. The molecular formula is C11H11N3O3S. The fraction of sp³-hybridized carbons (Fsp3) is 0.182. The SMILES string of the molecule is CC(=NO)c1csc(NC(=O)c2occc2C)n1. The van der Waals surface area contributed by atoms with E-state index in [9.17, 15) is 4.79 Å². The van der Waals surface area contributed by atoms with Gasteiger partial charge in [0.2, 0.25) is 0 Å². The lowest BCUT2D eigenvalue weighted by Gasteiger charge is -1.98. The molecule has 0 radical (unpaired) electrons. The summed E-state index contributed by atoms with van der Waals surface area (Å²) in [5, 5.41) is 16.4. The van der Waals surface area contributed by atoms with Gasteiger partial charge in [0.15, 0.2) is 10.9 Å². The summed E-state index contributed by atoms with van der Waals surface area (Å²) in [6.45, 7) is 3.41. The predicted octanol–water partition coefficient (Wildman–Crippen LogP) is 2.50. The van der Waals surface area contributed by atoms with Crippen LogP contribution in [-0.2, 0) is 0 Å². The average molecular weight is 265 g/mol. The second kappa shape index (κ2) is 5.01. The molecule has 2 aromatic heterocycles. The molecule has 6 nitrogen and oxygen atoms in total. The first kappa shape index (κ1) is 12.3. The molecule has 2 N–H and O–H groups in total. The summed E-state index contributed by atoms with van der Waals surface area (Å²) >= 11 is 1.25. The number of anilines is 1. The Morgan fingerprint density at radius 3 is 3.00 bits per heavy atom. The van der Waals surface area contributed by atoms with Gasteiger partial charge < -0.3 is 9.62 Å². The molecule has 0 atom stereocenters. The molecule has 0 aliphatic heterocycles. The van der Waals surface area contributed by atoms with Gasteiger partial charge in [-0.25, -0.2) is 4.98 Å². The number of aromatic nitrogens is 1. The third-order valence-electron chi connectivity index (χ3n) is 2.31. The van der Waals surface area contributed by atoms with Crippen molar-refractivity contribution in [3.63, 3.8) is 0 Å². The lowest BCUT2D eigenvalue weighted by Crippen LogP contribution is -2.12. The maximum atomic E-state index is 11.8. The summed E-state index contributed by atoms with van der Waals surface area (Å²) in [5.41, 5.74) is 1.67. The maximum absolute atomic E-state index is 11.8. The highest BCUT2D eigenvalue weighted by Gasteiger charge is 2.14. The molecule has 2 heterocycles. The first-order chi connectivity index (χ1) is 8.61. The Kier molecular flexibility index (Phi) is 3.42. The van der Waals surface area contributed by atoms with Gasteiger partial charge in [0.1, 0.15) is 11.4 Å². The van der Waals surface area contributed by atoms with Gasteiger partial charge in [0.05, 0.1) is 6.26 Å². The van der Waals surface area contributed by atoms with Crippen molar-refractivity contribution < 1.29 is 14.4 Å². The highest BCUT2D eigenvalue weighted by atomic mass is 32.1. The quantitative estimate of drug-likeness (QED) is 0.507. The molecule has 1 amide bonds. The van der Waals surface area contributed by atoms with Crippen molar-refractivity contribution >= 4 is 28.1 Å². The molecule has 2 rings (SSSR count). The zero-order valence-corrected chi connectivity index (χ0v) is 10.6. The lowest BCUT2D eigenvalue weighted by molar-refractivity contribution is 0.0996. The van der Waals surface area contributed by atoms with Crippen LogP contribution in [0, 0.1) is 6.92 Å². The molecule has 0 saturated carbocycles. The Bertz CT molecular complexity index is 600. The summed E-state index contributed by atoms with van der Waals surface area (Å²) in [6.07, 6.45) is 1.46. The number of amides is 1. The molecule has 0 saturated heterocycles. The third kappa shape index (κ3) is 2.40. The highest BCUT2D eigenvalue weighted by molar-refractivity contribution is 7.14. The molecule has 0 spiro atoms. The van der Waals surface area contributed by atoms with Crippen molar-refractivity contribution in [2.75, 3.05) is 5.32 Å². The van der Waals surface area contributed by atoms with Crippen LogP contribution in [0.1, 0.15) is 28.7 Å². The Balaban J connectivity index is 2.13. The van der Waals surface area contributed by atoms with Crippen LogP contribution in [0.4, 0.5) is 5.13 Å². The van der Waals surface area contributed by atoms with Gasteiger partial charge in [0.25, 0.3) is 5.91 Å². The number of oxime groups is 1. The van der Waals surface area contributed by atoms with E-state index in [1.165, 1.54) is 17.6 Å². The van der Waals surface area contributed by atoms with Crippen LogP contribution in [-0.4, -0.2) is 21.8 Å². The molecule has 7 heteroatoms. The monoisotopic (exact) mass is 265 g/mol. The van der Waals surface area contributed by atoms with E-state index in [1.54, 1.807) is 25.3 Å². The van der Waals surface area contributed by atoms with Crippen molar-refractivity contribution in [1.82, 2.24) is 4.98 Å². The minimum absolute atomic E-state index is 0.263. The van der Waals surface area contributed by atoms with Gasteiger partial charge in [-0.15, -0.1) is 11.3 Å². The largest absolute Gasteiger partial charge is 0.459 e. The van der Waals surface area contributed by atoms with Crippen molar-refractivity contribution in [2.45, 2.75) is 13.8 Å². The normalized spacial score (nSPS) is 11.6. The number of carbonyl (C=O) groups is 1. The molecular weight excluding hydrogens is 254 g/mol. The van der Waals surface area contributed by atoms with E-state index in [2.05, 4.69) is 15.5 Å². The topological polar surface area (TPSA) is 87.7 Å². The van der Waals surface area contributed by atoms with Crippen molar-refractivity contribution in [2.24, 2.45) is 5.16 Å². The number of furan rings is 1. The summed E-state index contributed by atoms with van der Waals surface area (Å²) in [4.78, 5) is 15.9. The standard InChI is InChI=1S/C11H11N3O3S/c1-6-3-4-17-9(6)10(15)13-11-12-8(5-18-11)7(2)14-16/h3-5,16H,1-2H3,(H,12,13,15). The maximum Gasteiger partial charge on any atom is 0.293 e. The number of thiazole rings is 1. The smallest absolute Gasteiger partial charge is 0.293 e. The van der Waals surface area contributed by atoms with Gasteiger partial charge in [-0.1, -0.05) is 5.16 Å². The molecule has 0 bridgehead atoms. The predicted molar refractivity (Wildman–Crippen MR) is 67.5 cm³/mol. The number of aryl methyl sites for hydroxylation is 1. The molecule has 0 fully saturated rings. The van der Waals surface area contributed by atoms with Crippen LogP contribution in [0.3, 0.4) is 0 Å². The van der Waals surface area contributed by atoms with Gasteiger partial charge in [-0.3, -0.25) is 10.1 Å². The Morgan fingerprint density at radius 1 is 1.61 bits per heavy atom. The van der Waals surface area contributed by atoms with Gasteiger partial charge in [-0.05, 0) is 19.9 Å². The average Bonchev–Trinajstić information content (AvgIpc) is 2.97. The third-order valence-corrected chi connectivity index (χ3v) is 3.07. The van der Waals surface area contributed by atoms with E-state index < -0.39 is 0 Å². The fourth-order valence-corrected chi connectivity index (χ4v) is 2.06. The molecule has 0 aromatic carbocycles. The summed E-state index contributed by atoms with van der Waals surface area (Å²) in [7, 11) is 0. The van der Waals surface area contributed by atoms with E-state index >= 15 is 0 Å². The van der Waals surface area contributed by atoms with E-state index in [1.807, 2.05) is 0 Å². The van der Waals surface area contributed by atoms with Crippen LogP contribution in [0.5, 0.6) is 0 Å². The first-order valence-corrected chi connectivity index (χ1v) is 5.99. The lowest BCUT2D eigenvalue weighted by atomic mass is 10.3. The number of nitrogens with zero attached hydrogens (tertiary/aromatic N) is 2. The molecule has 0 unspecified atom stereocenters. The van der Waals surface area contributed by atoms with Crippen LogP contribution in [0.2, 0.25) is 0 Å². The summed E-state index contributed by atoms with van der Waals surface area (Å²) in [6, 6.07) is 1.71. The highest BCUT2D eigenvalue weighted by Crippen LogP contribution is 2.18. The zero-order chi connectivity index (χ0) is 13.1. The zero-order valence-electron chi connectivity index (χ0n) is 9.80. The number of hydrogen-bond donors (Lipinski definition) is 2. The number of rotatable bonds is 3. The first-order valence-electron chi connectivity index (χ1n) is 5.12. The minimum atomic E-state index is -0.350. The van der Waals surface area contributed by atoms with E-state index in [0.29, 0.717) is 16.5 Å². The van der Waals surface area contributed by atoms with Crippen molar-refractivity contribution in [1.29, 1.82) is 0 Å². The molecule has 0 aliphatic carbocycles. The van der Waals surface area contributed by atoms with Gasteiger partial charge in [0, 0.05) is 10.9 Å². The molecule has 18 heavy (non-hydrogen) atoms. The number of hydrogen-bond acceptors (Lipinski definition) is 6. The molecule has 2 aromatic rings. The van der Waals surface area contributed by atoms with E-state index in [4.69, 9.17) is 9.62 Å². The number of carbonyl (C=O) groups excluding carboxylic acids is 1. The van der Waals surface area contributed by atoms with Crippen LogP contribution < -0.4 is 5.32 Å². The van der Waals surface area contributed by atoms with Crippen molar-refractivity contribution in [3.05, 3.63) is 34.7 Å². The van der Waals surface area contributed by atoms with Gasteiger partial charge >= 0.3 is 0 Å². The Labute approximate surface area is 107 Å². The van der Waals surface area contributed by atoms with Crippen LogP contribution in [0.25, 0.3) is 0 Å². The van der Waals surface area contributed by atoms with Gasteiger partial charge in [-0.2, -0.15) is 0 Å². The second-order valence-electron chi connectivity index (χ2n) is 3.61. The minimum Gasteiger partial charge on any atom is -0.459 e. The summed E-state index contributed by atoms with van der Waals surface area (Å²) < 4.78 is 5.07. The molecule has 0 aliphatic rings. The number of nitrogens with one attached hydrogen (secondary N) is 1. The van der Waals surface area contributed by atoms with Crippen LogP contribution >= 0.6 is 11.3 Å².